The molecular formula is C8H12NO+. The molecule has 3 N–H and O–H groups in total. The molecule has 2 nitrogen and oxygen atoms in total. The van der Waals surface area contributed by atoms with Crippen molar-refractivity contribution in [2.75, 3.05) is 7.11 Å². The molecule has 0 aromatic heterocycles. The zero-order chi connectivity index (χ0) is 7.56. The summed E-state index contributed by atoms with van der Waals surface area (Å²) in [6, 6.07) is 5.84. The highest BCUT2D eigenvalue weighted by Crippen LogP contribution is 2.16. The normalized spacial score (nSPS) is 9.50. The first-order valence-corrected chi connectivity index (χ1v) is 3.20. The summed E-state index contributed by atoms with van der Waals surface area (Å²) >= 11 is 0. The Morgan fingerprint density at radius 2 is 2.10 bits per heavy atom. The van der Waals surface area contributed by atoms with E-state index in [4.69, 9.17) is 4.74 Å². The molecule has 0 aliphatic heterocycles. The summed E-state index contributed by atoms with van der Waals surface area (Å²) in [5.41, 5.74) is 6.06. The number of benzene rings is 1. The summed E-state index contributed by atoms with van der Waals surface area (Å²) in [6.45, 7) is 2.02. The average Bonchev–Trinajstić information content (AvgIpc) is 1.95. The molecule has 0 heterocycles. The van der Waals surface area contributed by atoms with Gasteiger partial charge in [0, 0.05) is 11.6 Å². The molecule has 1 rings (SSSR count). The Morgan fingerprint density at radius 1 is 1.40 bits per heavy atom. The van der Waals surface area contributed by atoms with E-state index in [1.807, 2.05) is 25.1 Å². The second kappa shape index (κ2) is 2.71. The number of methoxy groups -OCH3 is 1. The van der Waals surface area contributed by atoms with Gasteiger partial charge in [-0.25, -0.2) is 0 Å². The molecule has 1 aromatic carbocycles. The monoisotopic (exact) mass is 138 g/mol. The molecule has 0 fully saturated rings. The third-order valence-electron chi connectivity index (χ3n) is 1.55. The first-order valence-electron chi connectivity index (χ1n) is 3.20. The van der Waals surface area contributed by atoms with Crippen LogP contribution in [0.5, 0.6) is 5.75 Å². The predicted molar refractivity (Wildman–Crippen MR) is 40.3 cm³/mol. The van der Waals surface area contributed by atoms with Gasteiger partial charge >= 0.3 is 0 Å². The highest BCUT2D eigenvalue weighted by molar-refractivity contribution is 5.42. The van der Waals surface area contributed by atoms with Gasteiger partial charge in [-0.15, -0.1) is 0 Å². The molecule has 2 heteroatoms. The maximum atomic E-state index is 5.02. The Labute approximate surface area is 60.6 Å². The maximum Gasteiger partial charge on any atom is 0.131 e. The largest absolute Gasteiger partial charge is 0.497 e. The summed E-state index contributed by atoms with van der Waals surface area (Å²) in [6.07, 6.45) is 0. The van der Waals surface area contributed by atoms with Crippen LogP contribution in [0.2, 0.25) is 0 Å². The van der Waals surface area contributed by atoms with Crippen molar-refractivity contribution in [1.82, 2.24) is 0 Å². The molecule has 0 amide bonds. The Morgan fingerprint density at radius 3 is 2.60 bits per heavy atom. The van der Waals surface area contributed by atoms with E-state index in [1.54, 1.807) is 7.11 Å². The third-order valence-corrected chi connectivity index (χ3v) is 1.55. The van der Waals surface area contributed by atoms with Gasteiger partial charge in [-0.1, -0.05) is 0 Å². The minimum Gasteiger partial charge on any atom is -0.497 e. The fraction of sp³-hybridized carbons (Fsp3) is 0.250. The zero-order valence-electron chi connectivity index (χ0n) is 6.35. The molecule has 0 spiro atoms. The van der Waals surface area contributed by atoms with Gasteiger partial charge < -0.3 is 10.5 Å². The molecule has 54 valence electrons. The summed E-state index contributed by atoms with van der Waals surface area (Å²) in [5.74, 6) is 0.893. The van der Waals surface area contributed by atoms with E-state index in [9.17, 15) is 0 Å². The quantitative estimate of drug-likeness (QED) is 0.614. The average molecular weight is 138 g/mol. The lowest BCUT2D eigenvalue weighted by Gasteiger charge is -1.99. The predicted octanol–water partition coefficient (Wildman–Crippen LogP) is 0.877. The SMILES string of the molecule is COc1ccc([NH3+])c(C)c1. The van der Waals surface area contributed by atoms with E-state index in [-0.39, 0.29) is 0 Å². The third kappa shape index (κ3) is 1.28. The van der Waals surface area contributed by atoms with Gasteiger partial charge in [0.15, 0.2) is 0 Å². The Balaban J connectivity index is 3.04. The number of hydrogen-bond donors (Lipinski definition) is 1. The second-order valence-electron chi connectivity index (χ2n) is 2.29. The van der Waals surface area contributed by atoms with Crippen molar-refractivity contribution in [3.63, 3.8) is 0 Å². The molecular weight excluding hydrogens is 126 g/mol. The lowest BCUT2D eigenvalue weighted by atomic mass is 10.2. The molecule has 0 unspecified atom stereocenters. The van der Waals surface area contributed by atoms with Crippen LogP contribution in [0.1, 0.15) is 5.56 Å². The molecule has 0 saturated heterocycles. The summed E-state index contributed by atoms with van der Waals surface area (Å²) in [5, 5.41) is 0. The Hall–Kier alpha value is -1.02. The van der Waals surface area contributed by atoms with Crippen LogP contribution in [-0.4, -0.2) is 7.11 Å². The van der Waals surface area contributed by atoms with Crippen molar-refractivity contribution < 1.29 is 10.5 Å². The van der Waals surface area contributed by atoms with E-state index in [0.29, 0.717) is 0 Å². The zero-order valence-corrected chi connectivity index (χ0v) is 6.35. The van der Waals surface area contributed by atoms with Crippen LogP contribution in [0.4, 0.5) is 5.69 Å². The van der Waals surface area contributed by atoms with E-state index >= 15 is 0 Å². The molecule has 10 heavy (non-hydrogen) atoms. The first kappa shape index (κ1) is 7.09. The summed E-state index contributed by atoms with van der Waals surface area (Å²) in [4.78, 5) is 0. The number of rotatable bonds is 1. The van der Waals surface area contributed by atoms with Gasteiger partial charge in [0.1, 0.15) is 11.4 Å². The van der Waals surface area contributed by atoms with Crippen LogP contribution < -0.4 is 10.5 Å². The minimum absolute atomic E-state index is 0.893. The van der Waals surface area contributed by atoms with Gasteiger partial charge in [0.25, 0.3) is 0 Å². The van der Waals surface area contributed by atoms with Gasteiger partial charge in [0.2, 0.25) is 0 Å². The summed E-state index contributed by atoms with van der Waals surface area (Å²) < 4.78 is 5.02. The van der Waals surface area contributed by atoms with Gasteiger partial charge in [-0.05, 0) is 19.1 Å². The lowest BCUT2D eigenvalue weighted by molar-refractivity contribution is -0.255. The molecule has 0 radical (unpaired) electrons. The van der Waals surface area contributed by atoms with Crippen molar-refractivity contribution in [3.05, 3.63) is 23.8 Å². The fourth-order valence-electron chi connectivity index (χ4n) is 0.795. The van der Waals surface area contributed by atoms with Crippen LogP contribution in [-0.2, 0) is 0 Å². The first-order chi connectivity index (χ1) is 4.74. The van der Waals surface area contributed by atoms with Gasteiger partial charge in [0.05, 0.1) is 7.11 Å². The number of ether oxygens (including phenoxy) is 1. The molecule has 0 aliphatic carbocycles. The molecule has 0 aliphatic rings. The van der Waals surface area contributed by atoms with Crippen LogP contribution >= 0.6 is 0 Å². The fourth-order valence-corrected chi connectivity index (χ4v) is 0.795. The van der Waals surface area contributed by atoms with Gasteiger partial charge in [-0.3, -0.25) is 0 Å². The smallest absolute Gasteiger partial charge is 0.131 e. The van der Waals surface area contributed by atoms with Crippen molar-refractivity contribution in [3.8, 4) is 5.75 Å². The standard InChI is InChI=1S/C8H11NO/c1-6-5-7(10-2)3-4-8(6)9/h3-5H,9H2,1-2H3/p+1. The van der Waals surface area contributed by atoms with E-state index in [0.717, 1.165) is 11.4 Å². The summed E-state index contributed by atoms with van der Waals surface area (Å²) in [7, 11) is 1.66. The highest BCUT2D eigenvalue weighted by atomic mass is 16.5. The highest BCUT2D eigenvalue weighted by Gasteiger charge is 1.96. The molecule has 1 aromatic rings. The van der Waals surface area contributed by atoms with Crippen LogP contribution in [0.15, 0.2) is 18.2 Å². The van der Waals surface area contributed by atoms with Crippen molar-refractivity contribution in [1.29, 1.82) is 0 Å². The molecule has 0 atom stereocenters. The van der Waals surface area contributed by atoms with E-state index < -0.39 is 0 Å². The van der Waals surface area contributed by atoms with E-state index in [1.165, 1.54) is 5.56 Å². The number of aryl methyl sites for hydroxylation is 1. The number of hydrogen-bond acceptors (Lipinski definition) is 1. The Bertz CT molecular complexity index is 233. The maximum absolute atomic E-state index is 5.02. The van der Waals surface area contributed by atoms with Gasteiger partial charge in [-0.2, -0.15) is 0 Å². The molecule has 0 bridgehead atoms. The lowest BCUT2D eigenvalue weighted by Crippen LogP contribution is -2.40. The van der Waals surface area contributed by atoms with Crippen molar-refractivity contribution in [2.45, 2.75) is 6.92 Å². The van der Waals surface area contributed by atoms with Crippen LogP contribution in [0, 0.1) is 6.92 Å². The van der Waals surface area contributed by atoms with Crippen molar-refractivity contribution >= 4 is 5.69 Å². The Kier molecular flexibility index (Phi) is 1.92. The van der Waals surface area contributed by atoms with Crippen LogP contribution in [0.3, 0.4) is 0 Å². The number of quaternary nitrogens is 1. The second-order valence-corrected chi connectivity index (χ2v) is 2.29. The topological polar surface area (TPSA) is 36.9 Å². The van der Waals surface area contributed by atoms with E-state index in [2.05, 4.69) is 5.73 Å². The van der Waals surface area contributed by atoms with Crippen LogP contribution in [0.25, 0.3) is 0 Å². The minimum atomic E-state index is 0.893. The van der Waals surface area contributed by atoms with Crippen molar-refractivity contribution in [2.24, 2.45) is 0 Å². The molecule has 0 saturated carbocycles.